The van der Waals surface area contributed by atoms with Crippen molar-refractivity contribution in [1.82, 2.24) is 0 Å². The molecule has 0 saturated carbocycles. The molecule has 0 amide bonds. The summed E-state index contributed by atoms with van der Waals surface area (Å²) in [7, 11) is 1.58. The average Bonchev–Trinajstić information content (AvgIpc) is 2.63. The van der Waals surface area contributed by atoms with Gasteiger partial charge in [-0.05, 0) is 46.5 Å². The molecule has 0 saturated heterocycles. The van der Waals surface area contributed by atoms with E-state index in [1.807, 2.05) is 48.5 Å². The maximum atomic E-state index is 6.27. The van der Waals surface area contributed by atoms with Gasteiger partial charge in [0, 0.05) is 13.7 Å². The van der Waals surface area contributed by atoms with Crippen LogP contribution in [0, 0.1) is 5.92 Å². The summed E-state index contributed by atoms with van der Waals surface area (Å²) in [5.74, 6) is -2.94. The van der Waals surface area contributed by atoms with E-state index >= 15 is 0 Å². The van der Waals surface area contributed by atoms with Crippen LogP contribution in [-0.2, 0) is 33.5 Å². The second kappa shape index (κ2) is 14.7. The first-order chi connectivity index (χ1) is 13.2. The molecule has 0 aliphatic rings. The van der Waals surface area contributed by atoms with Crippen LogP contribution in [0.4, 0.5) is 0 Å². The second-order valence-electron chi connectivity index (χ2n) is 7.51. The van der Waals surface area contributed by atoms with E-state index in [1.54, 1.807) is 7.11 Å². The van der Waals surface area contributed by atoms with Gasteiger partial charge in [0.2, 0.25) is 0 Å². The maximum absolute atomic E-state index is 6.27. The van der Waals surface area contributed by atoms with Gasteiger partial charge in [-0.25, -0.2) is 4.89 Å². The highest BCUT2D eigenvalue weighted by atomic mass is 17.2. The van der Waals surface area contributed by atoms with Crippen molar-refractivity contribution in [1.29, 1.82) is 0 Å². The van der Waals surface area contributed by atoms with Crippen LogP contribution in [0.25, 0.3) is 0 Å². The Balaban J connectivity index is 6.21. The molecule has 7 nitrogen and oxygen atoms in total. The number of hydrogen-bond acceptors (Lipinski definition) is 7. The molecule has 170 valence electrons. The predicted octanol–water partition coefficient (Wildman–Crippen LogP) is 4.68. The van der Waals surface area contributed by atoms with Crippen LogP contribution in [0.1, 0.15) is 74.7 Å². The minimum absolute atomic E-state index is 0.213. The Kier molecular flexibility index (Phi) is 14.5. The molecule has 0 heterocycles. The van der Waals surface area contributed by atoms with Crippen molar-refractivity contribution < 1.29 is 33.5 Å². The van der Waals surface area contributed by atoms with E-state index < -0.39 is 17.9 Å². The van der Waals surface area contributed by atoms with Crippen molar-refractivity contribution in [2.24, 2.45) is 5.92 Å². The molecule has 0 spiro atoms. The Labute approximate surface area is 172 Å². The lowest BCUT2D eigenvalue weighted by Crippen LogP contribution is -2.68. The summed E-state index contributed by atoms with van der Waals surface area (Å²) in [6.45, 7) is 17.2. The van der Waals surface area contributed by atoms with E-state index in [-0.39, 0.29) is 12.0 Å². The summed E-state index contributed by atoms with van der Waals surface area (Å²) in [5.41, 5.74) is 0. The molecule has 0 aromatic heterocycles. The van der Waals surface area contributed by atoms with Crippen LogP contribution in [0.15, 0.2) is 0 Å². The Morgan fingerprint density at radius 3 is 1.96 bits per heavy atom. The van der Waals surface area contributed by atoms with Crippen molar-refractivity contribution in [3.05, 3.63) is 0 Å². The van der Waals surface area contributed by atoms with Crippen LogP contribution in [0.5, 0.6) is 0 Å². The third kappa shape index (κ3) is 8.22. The highest BCUT2D eigenvalue weighted by Gasteiger charge is 2.64. The van der Waals surface area contributed by atoms with Gasteiger partial charge in [0.1, 0.15) is 6.10 Å². The first-order valence-corrected chi connectivity index (χ1v) is 10.7. The van der Waals surface area contributed by atoms with Gasteiger partial charge in [-0.3, -0.25) is 0 Å². The fraction of sp³-hybridized carbons (Fsp3) is 1.00. The summed E-state index contributed by atoms with van der Waals surface area (Å²) >= 11 is 0. The van der Waals surface area contributed by atoms with E-state index in [4.69, 9.17) is 33.5 Å². The van der Waals surface area contributed by atoms with Crippen LogP contribution in [-0.4, -0.2) is 57.5 Å². The van der Waals surface area contributed by atoms with E-state index in [9.17, 15) is 0 Å². The number of hydrogen-bond donors (Lipinski definition) is 0. The molecule has 0 N–H and O–H groups in total. The Morgan fingerprint density at radius 1 is 0.821 bits per heavy atom. The molecule has 0 radical (unpaired) electrons. The zero-order valence-electron chi connectivity index (χ0n) is 19.5. The van der Waals surface area contributed by atoms with Crippen LogP contribution < -0.4 is 0 Å². The summed E-state index contributed by atoms with van der Waals surface area (Å²) in [6.07, 6.45) is 1.76. The molecule has 0 aliphatic carbocycles. The number of rotatable bonds is 18. The monoisotopic (exact) mass is 408 g/mol. The molecule has 3 atom stereocenters. The Hall–Kier alpha value is -0.280. The third-order valence-corrected chi connectivity index (χ3v) is 3.94. The van der Waals surface area contributed by atoms with E-state index in [0.717, 1.165) is 19.3 Å². The number of unbranched alkanes of at least 4 members (excludes halogenated alkanes) is 1. The average molecular weight is 409 g/mol. The van der Waals surface area contributed by atoms with Crippen molar-refractivity contribution in [3.63, 3.8) is 0 Å². The highest BCUT2D eigenvalue weighted by molar-refractivity contribution is 4.89. The molecule has 0 fully saturated rings. The van der Waals surface area contributed by atoms with Crippen molar-refractivity contribution in [2.75, 3.05) is 33.5 Å². The molecule has 28 heavy (non-hydrogen) atoms. The van der Waals surface area contributed by atoms with Gasteiger partial charge < -0.3 is 23.7 Å². The van der Waals surface area contributed by atoms with Crippen LogP contribution in [0.2, 0.25) is 0 Å². The van der Waals surface area contributed by atoms with Crippen molar-refractivity contribution in [2.45, 2.75) is 98.6 Å². The van der Waals surface area contributed by atoms with E-state index in [0.29, 0.717) is 26.4 Å². The molecule has 0 aromatic carbocycles. The minimum atomic E-state index is -1.65. The van der Waals surface area contributed by atoms with Crippen LogP contribution in [0.3, 0.4) is 0 Å². The lowest BCUT2D eigenvalue weighted by atomic mass is 10.1. The van der Waals surface area contributed by atoms with Crippen molar-refractivity contribution >= 4 is 0 Å². The SMILES string of the molecule is CCCCOC(OOCC(C)C)(C(C)OC)C(OCC)(OCCC)OC(C)C. The van der Waals surface area contributed by atoms with Gasteiger partial charge in [-0.2, -0.15) is 4.89 Å². The topological polar surface area (TPSA) is 64.6 Å². The molecule has 3 unspecified atom stereocenters. The summed E-state index contributed by atoms with van der Waals surface area (Å²) in [4.78, 5) is 11.5. The summed E-state index contributed by atoms with van der Waals surface area (Å²) in [5, 5.41) is 0. The van der Waals surface area contributed by atoms with Gasteiger partial charge in [0.25, 0.3) is 0 Å². The predicted molar refractivity (Wildman–Crippen MR) is 109 cm³/mol. The van der Waals surface area contributed by atoms with Crippen LogP contribution >= 0.6 is 0 Å². The fourth-order valence-electron chi connectivity index (χ4n) is 2.51. The number of methoxy groups -OCH3 is 1. The van der Waals surface area contributed by atoms with Gasteiger partial charge in [0.05, 0.1) is 25.9 Å². The summed E-state index contributed by atoms with van der Waals surface area (Å²) < 4.78 is 30.3. The van der Waals surface area contributed by atoms with Gasteiger partial charge in [0.15, 0.2) is 0 Å². The molecule has 0 bridgehead atoms. The van der Waals surface area contributed by atoms with Gasteiger partial charge >= 0.3 is 11.8 Å². The largest absolute Gasteiger partial charge is 0.376 e. The Morgan fingerprint density at radius 2 is 1.50 bits per heavy atom. The summed E-state index contributed by atoms with van der Waals surface area (Å²) in [6, 6.07) is 0. The fourth-order valence-corrected chi connectivity index (χ4v) is 2.51. The standard InChI is InChI=1S/C21H44O7/c1-10-13-15-24-20(19(8)22-9,28-26-16-17(4)5)21(23-12-3,25-14-11-2)27-18(6)7/h17-19H,10-16H2,1-9H3. The quantitative estimate of drug-likeness (QED) is 0.141. The lowest BCUT2D eigenvalue weighted by molar-refractivity contribution is -0.572. The number of ether oxygens (including phenoxy) is 5. The second-order valence-corrected chi connectivity index (χ2v) is 7.51. The molecular weight excluding hydrogens is 364 g/mol. The molecular formula is C21H44O7. The zero-order chi connectivity index (χ0) is 21.6. The van der Waals surface area contributed by atoms with Crippen molar-refractivity contribution in [3.8, 4) is 0 Å². The smallest absolute Gasteiger partial charge is 0.346 e. The van der Waals surface area contributed by atoms with Gasteiger partial charge in [-0.15, -0.1) is 0 Å². The van der Waals surface area contributed by atoms with E-state index in [2.05, 4.69) is 6.92 Å². The van der Waals surface area contributed by atoms with Gasteiger partial charge in [-0.1, -0.05) is 34.1 Å². The zero-order valence-corrected chi connectivity index (χ0v) is 19.5. The normalized spacial score (nSPS) is 17.7. The third-order valence-electron chi connectivity index (χ3n) is 3.94. The highest BCUT2D eigenvalue weighted by Crippen LogP contribution is 2.40. The Bertz CT molecular complexity index is 378. The van der Waals surface area contributed by atoms with E-state index in [1.165, 1.54) is 0 Å². The molecule has 0 aromatic rings. The molecule has 0 aliphatic heterocycles. The molecule has 0 rings (SSSR count). The first kappa shape index (κ1) is 27.7. The lowest BCUT2D eigenvalue weighted by Gasteiger charge is -2.48. The minimum Gasteiger partial charge on any atom is -0.376 e. The maximum Gasteiger partial charge on any atom is 0.346 e. The first-order valence-electron chi connectivity index (χ1n) is 10.7. The molecule has 7 heteroatoms.